The summed E-state index contributed by atoms with van der Waals surface area (Å²) in [6.07, 6.45) is 3.04. The van der Waals surface area contributed by atoms with Crippen molar-refractivity contribution in [3.63, 3.8) is 0 Å². The SMILES string of the molecule is CCCCN(CC)C(C)C(=O)CC. The van der Waals surface area contributed by atoms with Gasteiger partial charge in [-0.25, -0.2) is 0 Å². The lowest BCUT2D eigenvalue weighted by Gasteiger charge is -2.26. The number of nitrogens with zero attached hydrogens (tertiary/aromatic N) is 1. The van der Waals surface area contributed by atoms with E-state index in [0.717, 1.165) is 13.1 Å². The van der Waals surface area contributed by atoms with Crippen molar-refractivity contribution in [2.75, 3.05) is 13.1 Å². The fourth-order valence-corrected chi connectivity index (χ4v) is 1.49. The second-order valence-corrected chi connectivity index (χ2v) is 3.48. The molecule has 1 unspecified atom stereocenters. The van der Waals surface area contributed by atoms with Crippen LogP contribution in [0.2, 0.25) is 0 Å². The molecule has 0 N–H and O–H groups in total. The van der Waals surface area contributed by atoms with Crippen molar-refractivity contribution in [2.45, 2.75) is 53.0 Å². The first kappa shape index (κ1) is 12.6. The lowest BCUT2D eigenvalue weighted by molar-refractivity contribution is -0.123. The number of ketones is 1. The largest absolute Gasteiger partial charge is 0.298 e. The van der Waals surface area contributed by atoms with Crippen LogP contribution in [-0.4, -0.2) is 29.8 Å². The smallest absolute Gasteiger partial charge is 0.149 e. The average molecular weight is 185 g/mol. The maximum atomic E-state index is 11.4. The summed E-state index contributed by atoms with van der Waals surface area (Å²) in [4.78, 5) is 13.7. The van der Waals surface area contributed by atoms with Gasteiger partial charge in [-0.1, -0.05) is 27.2 Å². The number of Topliss-reactive ketones (excluding diaryl/α,β-unsaturated/α-hetero) is 1. The highest BCUT2D eigenvalue weighted by atomic mass is 16.1. The van der Waals surface area contributed by atoms with Crippen molar-refractivity contribution in [2.24, 2.45) is 0 Å². The Morgan fingerprint density at radius 2 is 1.92 bits per heavy atom. The van der Waals surface area contributed by atoms with E-state index in [0.29, 0.717) is 12.2 Å². The second-order valence-electron chi connectivity index (χ2n) is 3.48. The fraction of sp³-hybridized carbons (Fsp3) is 0.909. The summed E-state index contributed by atoms with van der Waals surface area (Å²) in [6.45, 7) is 10.3. The molecule has 2 heteroatoms. The van der Waals surface area contributed by atoms with E-state index < -0.39 is 0 Å². The van der Waals surface area contributed by atoms with Crippen molar-refractivity contribution in [1.29, 1.82) is 0 Å². The summed E-state index contributed by atoms with van der Waals surface area (Å²) >= 11 is 0. The van der Waals surface area contributed by atoms with Gasteiger partial charge in [0.1, 0.15) is 5.78 Å². The molecular weight excluding hydrogens is 162 g/mol. The Balaban J connectivity index is 3.98. The highest BCUT2D eigenvalue weighted by Gasteiger charge is 2.17. The van der Waals surface area contributed by atoms with Gasteiger partial charge in [-0.2, -0.15) is 0 Å². The van der Waals surface area contributed by atoms with Gasteiger partial charge >= 0.3 is 0 Å². The van der Waals surface area contributed by atoms with Crippen molar-refractivity contribution in [3.05, 3.63) is 0 Å². The predicted octanol–water partition coefficient (Wildman–Crippen LogP) is 2.48. The van der Waals surface area contributed by atoms with Crippen molar-refractivity contribution in [3.8, 4) is 0 Å². The minimum absolute atomic E-state index is 0.113. The summed E-state index contributed by atoms with van der Waals surface area (Å²) in [6, 6.07) is 0.113. The summed E-state index contributed by atoms with van der Waals surface area (Å²) in [5.74, 6) is 0.359. The molecule has 0 aliphatic rings. The summed E-state index contributed by atoms with van der Waals surface area (Å²) in [5, 5.41) is 0. The molecule has 0 spiro atoms. The van der Waals surface area contributed by atoms with Crippen LogP contribution in [0.5, 0.6) is 0 Å². The van der Waals surface area contributed by atoms with E-state index in [1.807, 2.05) is 13.8 Å². The number of unbranched alkanes of at least 4 members (excludes halogenated alkanes) is 1. The minimum Gasteiger partial charge on any atom is -0.298 e. The Hall–Kier alpha value is -0.370. The van der Waals surface area contributed by atoms with Crippen molar-refractivity contribution < 1.29 is 4.79 Å². The number of hydrogen-bond donors (Lipinski definition) is 0. The topological polar surface area (TPSA) is 20.3 Å². The Bertz CT molecular complexity index is 145. The van der Waals surface area contributed by atoms with Gasteiger partial charge in [0, 0.05) is 6.42 Å². The van der Waals surface area contributed by atoms with Crippen LogP contribution in [0.1, 0.15) is 47.0 Å². The van der Waals surface area contributed by atoms with Crippen LogP contribution >= 0.6 is 0 Å². The molecule has 2 nitrogen and oxygen atoms in total. The van der Waals surface area contributed by atoms with Gasteiger partial charge in [0.15, 0.2) is 0 Å². The van der Waals surface area contributed by atoms with Crippen LogP contribution in [0, 0.1) is 0 Å². The number of carbonyl (C=O) groups is 1. The first-order chi connectivity index (χ1) is 6.17. The van der Waals surface area contributed by atoms with Gasteiger partial charge in [-0.05, 0) is 26.4 Å². The van der Waals surface area contributed by atoms with E-state index in [9.17, 15) is 4.79 Å². The van der Waals surface area contributed by atoms with E-state index >= 15 is 0 Å². The predicted molar refractivity (Wildman–Crippen MR) is 56.9 cm³/mol. The van der Waals surface area contributed by atoms with Gasteiger partial charge in [0.2, 0.25) is 0 Å². The molecule has 1 atom stereocenters. The molecule has 0 aromatic carbocycles. The third-order valence-corrected chi connectivity index (χ3v) is 2.57. The molecule has 0 fully saturated rings. The molecule has 78 valence electrons. The first-order valence-electron chi connectivity index (χ1n) is 5.44. The van der Waals surface area contributed by atoms with Crippen molar-refractivity contribution >= 4 is 5.78 Å². The maximum Gasteiger partial charge on any atom is 0.149 e. The van der Waals surface area contributed by atoms with E-state index in [1.165, 1.54) is 12.8 Å². The molecular formula is C11H23NO. The quantitative estimate of drug-likeness (QED) is 0.607. The van der Waals surface area contributed by atoms with Crippen LogP contribution in [0.4, 0.5) is 0 Å². The molecule has 0 aromatic rings. The molecule has 0 aliphatic carbocycles. The van der Waals surface area contributed by atoms with Crippen LogP contribution in [0.3, 0.4) is 0 Å². The Kier molecular flexibility index (Phi) is 6.87. The first-order valence-corrected chi connectivity index (χ1v) is 5.44. The fourth-order valence-electron chi connectivity index (χ4n) is 1.49. The van der Waals surface area contributed by atoms with Gasteiger partial charge in [0.25, 0.3) is 0 Å². The van der Waals surface area contributed by atoms with E-state index in [2.05, 4.69) is 18.7 Å². The average Bonchev–Trinajstić information content (AvgIpc) is 2.17. The molecule has 13 heavy (non-hydrogen) atoms. The maximum absolute atomic E-state index is 11.4. The van der Waals surface area contributed by atoms with E-state index in [4.69, 9.17) is 0 Å². The zero-order chi connectivity index (χ0) is 10.3. The van der Waals surface area contributed by atoms with Crippen LogP contribution < -0.4 is 0 Å². The summed E-state index contributed by atoms with van der Waals surface area (Å²) in [5.41, 5.74) is 0. The summed E-state index contributed by atoms with van der Waals surface area (Å²) in [7, 11) is 0. The molecule has 0 saturated heterocycles. The third kappa shape index (κ3) is 4.41. The zero-order valence-electron chi connectivity index (χ0n) is 9.47. The van der Waals surface area contributed by atoms with E-state index in [1.54, 1.807) is 0 Å². The molecule has 0 heterocycles. The normalized spacial score (nSPS) is 13.3. The number of likely N-dealkylation sites (N-methyl/N-ethyl adjacent to an activating group) is 1. The molecule has 0 aliphatic heterocycles. The van der Waals surface area contributed by atoms with Gasteiger partial charge in [0.05, 0.1) is 6.04 Å². The van der Waals surface area contributed by atoms with Gasteiger partial charge < -0.3 is 0 Å². The number of hydrogen-bond acceptors (Lipinski definition) is 2. The molecule has 0 bridgehead atoms. The second kappa shape index (κ2) is 7.07. The lowest BCUT2D eigenvalue weighted by atomic mass is 10.1. The van der Waals surface area contributed by atoms with E-state index in [-0.39, 0.29) is 6.04 Å². The van der Waals surface area contributed by atoms with Crippen molar-refractivity contribution in [1.82, 2.24) is 4.90 Å². The van der Waals surface area contributed by atoms with Crippen LogP contribution in [0.15, 0.2) is 0 Å². The molecule has 0 aromatic heterocycles. The molecule has 0 radical (unpaired) electrons. The monoisotopic (exact) mass is 185 g/mol. The molecule has 0 rings (SSSR count). The minimum atomic E-state index is 0.113. The number of rotatable bonds is 7. The zero-order valence-corrected chi connectivity index (χ0v) is 9.47. The van der Waals surface area contributed by atoms with Crippen LogP contribution in [-0.2, 0) is 4.79 Å². The Morgan fingerprint density at radius 3 is 2.31 bits per heavy atom. The summed E-state index contributed by atoms with van der Waals surface area (Å²) < 4.78 is 0. The third-order valence-electron chi connectivity index (χ3n) is 2.57. The van der Waals surface area contributed by atoms with Gasteiger partial charge in [-0.3, -0.25) is 9.69 Å². The number of carbonyl (C=O) groups excluding carboxylic acids is 1. The standard InChI is InChI=1S/C11H23NO/c1-5-8-9-12(7-3)10(4)11(13)6-2/h10H,5-9H2,1-4H3. The lowest BCUT2D eigenvalue weighted by Crippen LogP contribution is -2.39. The van der Waals surface area contributed by atoms with Crippen LogP contribution in [0.25, 0.3) is 0 Å². The highest BCUT2D eigenvalue weighted by molar-refractivity contribution is 5.83. The van der Waals surface area contributed by atoms with Gasteiger partial charge in [-0.15, -0.1) is 0 Å². The molecule has 0 amide bonds. The Morgan fingerprint density at radius 1 is 1.31 bits per heavy atom. The Labute approximate surface area is 82.3 Å². The highest BCUT2D eigenvalue weighted by Crippen LogP contribution is 2.04. The molecule has 0 saturated carbocycles.